The molecular weight excluding hydrogens is 707 g/mol. The van der Waals surface area contributed by atoms with E-state index in [-0.39, 0.29) is 0 Å². The number of nitriles is 1. The lowest BCUT2D eigenvalue weighted by Crippen LogP contribution is -1.93. The molecule has 0 amide bonds. The predicted octanol–water partition coefficient (Wildman–Crippen LogP) is 14.5. The van der Waals surface area contributed by atoms with E-state index in [0.717, 1.165) is 27.5 Å². The van der Waals surface area contributed by atoms with Crippen molar-refractivity contribution in [1.29, 1.82) is 5.26 Å². The number of nitrogens with zero attached hydrogens (tertiary/aromatic N) is 3. The Hall–Kier alpha value is -6.71. The van der Waals surface area contributed by atoms with Crippen molar-refractivity contribution < 1.29 is 0 Å². The molecule has 0 N–H and O–H groups in total. The van der Waals surface area contributed by atoms with E-state index >= 15 is 0 Å². The summed E-state index contributed by atoms with van der Waals surface area (Å²) in [4.78, 5) is 0. The summed E-state index contributed by atoms with van der Waals surface area (Å²) in [6.45, 7) is 2.17. The fourth-order valence-corrected chi connectivity index (χ4v) is 11.0. The number of thiophene rings is 2. The molecule has 0 saturated heterocycles. The van der Waals surface area contributed by atoms with Crippen LogP contribution in [-0.4, -0.2) is 9.13 Å². The van der Waals surface area contributed by atoms with E-state index in [2.05, 4.69) is 168 Å². The van der Waals surface area contributed by atoms with Crippen LogP contribution in [0.2, 0.25) is 0 Å². The topological polar surface area (TPSA) is 33.6 Å². The average Bonchev–Trinajstić information content (AvgIpc) is 3.97. The predicted molar refractivity (Wildman–Crippen MR) is 236 cm³/mol. The van der Waals surface area contributed by atoms with E-state index in [4.69, 9.17) is 0 Å². The van der Waals surface area contributed by atoms with Gasteiger partial charge in [-0.3, -0.25) is 0 Å². The molecular formula is C50H29N3S2. The first-order chi connectivity index (χ1) is 27.1. The SMILES string of the molecule is Cc1ccc2c(c1)c1ccccc1n2-c1ccc2sc3ccc(-c4ccc5sc6ccc(-n7c8ccccc8c8cc(C#N)ccc87)cc6c5c4)cc3c2c1. The van der Waals surface area contributed by atoms with Gasteiger partial charge in [-0.1, -0.05) is 60.2 Å². The lowest BCUT2D eigenvalue weighted by molar-refractivity contribution is 1.19. The molecule has 12 rings (SSSR count). The second-order valence-corrected chi connectivity index (χ2v) is 16.7. The summed E-state index contributed by atoms with van der Waals surface area (Å²) < 4.78 is 9.91. The first-order valence-electron chi connectivity index (χ1n) is 18.5. The largest absolute Gasteiger partial charge is 0.309 e. The van der Waals surface area contributed by atoms with Crippen LogP contribution >= 0.6 is 22.7 Å². The van der Waals surface area contributed by atoms with E-state index < -0.39 is 0 Å². The van der Waals surface area contributed by atoms with Crippen molar-refractivity contribution >= 4 is 107 Å². The van der Waals surface area contributed by atoms with E-state index in [1.807, 2.05) is 34.8 Å². The molecule has 12 aromatic rings. The molecule has 0 saturated carbocycles. The van der Waals surface area contributed by atoms with Gasteiger partial charge in [-0.2, -0.15) is 5.26 Å². The smallest absolute Gasteiger partial charge is 0.0991 e. The average molecular weight is 736 g/mol. The summed E-state index contributed by atoms with van der Waals surface area (Å²) >= 11 is 3.71. The van der Waals surface area contributed by atoms with Gasteiger partial charge in [-0.05, 0) is 121 Å². The number of hydrogen-bond acceptors (Lipinski definition) is 3. The zero-order chi connectivity index (χ0) is 36.4. The molecule has 8 aromatic carbocycles. The van der Waals surface area contributed by atoms with Crippen LogP contribution in [0.25, 0.3) is 106 Å². The maximum Gasteiger partial charge on any atom is 0.0991 e. The van der Waals surface area contributed by atoms with Crippen LogP contribution in [0.15, 0.2) is 158 Å². The van der Waals surface area contributed by atoms with Crippen molar-refractivity contribution in [2.75, 3.05) is 0 Å². The van der Waals surface area contributed by atoms with Crippen molar-refractivity contribution in [3.05, 3.63) is 169 Å². The third kappa shape index (κ3) is 4.47. The summed E-state index contributed by atoms with van der Waals surface area (Å²) in [7, 11) is 0. The number of aryl methyl sites for hydroxylation is 1. The Morgan fingerprint density at radius 2 is 0.855 bits per heavy atom. The van der Waals surface area contributed by atoms with Crippen LogP contribution in [0.5, 0.6) is 0 Å². The Kier molecular flexibility index (Phi) is 6.37. The second kappa shape index (κ2) is 11.4. The van der Waals surface area contributed by atoms with Crippen molar-refractivity contribution in [2.45, 2.75) is 6.92 Å². The van der Waals surface area contributed by atoms with Gasteiger partial charge < -0.3 is 9.13 Å². The van der Waals surface area contributed by atoms with Crippen LogP contribution in [-0.2, 0) is 0 Å². The quantitative estimate of drug-likeness (QED) is 0.178. The summed E-state index contributed by atoms with van der Waals surface area (Å²) in [6, 6.07) is 60.1. The lowest BCUT2D eigenvalue weighted by Gasteiger charge is -2.09. The van der Waals surface area contributed by atoms with Crippen molar-refractivity contribution in [2.24, 2.45) is 0 Å². The van der Waals surface area contributed by atoms with Gasteiger partial charge >= 0.3 is 0 Å². The molecule has 0 aliphatic heterocycles. The number of fused-ring (bicyclic) bond motifs is 12. The van der Waals surface area contributed by atoms with Gasteiger partial charge in [0.2, 0.25) is 0 Å². The minimum atomic E-state index is 0.675. The molecule has 5 heteroatoms. The molecule has 0 radical (unpaired) electrons. The summed E-state index contributed by atoms with van der Waals surface area (Å²) in [5.74, 6) is 0. The molecule has 55 heavy (non-hydrogen) atoms. The molecule has 0 unspecified atom stereocenters. The number of rotatable bonds is 3. The molecule has 0 fully saturated rings. The van der Waals surface area contributed by atoms with Crippen LogP contribution in [0.3, 0.4) is 0 Å². The lowest BCUT2D eigenvalue weighted by atomic mass is 10.0. The maximum atomic E-state index is 9.64. The highest BCUT2D eigenvalue weighted by atomic mass is 32.1. The second-order valence-electron chi connectivity index (χ2n) is 14.6. The van der Waals surface area contributed by atoms with Gasteiger partial charge in [-0.25, -0.2) is 0 Å². The Morgan fingerprint density at radius 3 is 1.40 bits per heavy atom. The highest BCUT2D eigenvalue weighted by Crippen LogP contribution is 2.42. The van der Waals surface area contributed by atoms with Gasteiger partial charge in [0.25, 0.3) is 0 Å². The Bertz CT molecular complexity index is 3640. The zero-order valence-corrected chi connectivity index (χ0v) is 31.3. The fraction of sp³-hybridized carbons (Fsp3) is 0.0200. The Balaban J connectivity index is 1.01. The summed E-state index contributed by atoms with van der Waals surface area (Å²) in [5.41, 5.74) is 11.4. The van der Waals surface area contributed by atoms with Crippen LogP contribution < -0.4 is 0 Å². The molecule has 0 atom stereocenters. The van der Waals surface area contributed by atoms with Crippen molar-refractivity contribution in [3.8, 4) is 28.6 Å². The monoisotopic (exact) mass is 735 g/mol. The highest BCUT2D eigenvalue weighted by Gasteiger charge is 2.17. The van der Waals surface area contributed by atoms with Crippen molar-refractivity contribution in [1.82, 2.24) is 9.13 Å². The summed E-state index contributed by atoms with van der Waals surface area (Å²) in [5, 5.41) is 19.6. The van der Waals surface area contributed by atoms with Crippen molar-refractivity contribution in [3.63, 3.8) is 0 Å². The minimum absolute atomic E-state index is 0.675. The van der Waals surface area contributed by atoms with Gasteiger partial charge in [-0.15, -0.1) is 22.7 Å². The molecule has 0 aliphatic carbocycles. The fourth-order valence-electron chi connectivity index (χ4n) is 8.85. The van der Waals surface area contributed by atoms with Crippen LogP contribution in [0, 0.1) is 18.3 Å². The van der Waals surface area contributed by atoms with Crippen LogP contribution in [0.1, 0.15) is 11.1 Å². The molecule has 0 bridgehead atoms. The minimum Gasteiger partial charge on any atom is -0.309 e. The highest BCUT2D eigenvalue weighted by molar-refractivity contribution is 7.26. The molecule has 4 aromatic heterocycles. The van der Waals surface area contributed by atoms with Gasteiger partial charge in [0, 0.05) is 73.3 Å². The number of aromatic nitrogens is 2. The molecule has 256 valence electrons. The van der Waals surface area contributed by atoms with Gasteiger partial charge in [0.1, 0.15) is 0 Å². The number of hydrogen-bond donors (Lipinski definition) is 0. The van der Waals surface area contributed by atoms with E-state index in [1.165, 1.54) is 84.5 Å². The normalized spacial score (nSPS) is 12.1. The molecule has 4 heterocycles. The Morgan fingerprint density at radius 1 is 0.400 bits per heavy atom. The molecule has 3 nitrogen and oxygen atoms in total. The maximum absolute atomic E-state index is 9.64. The molecule has 0 spiro atoms. The van der Waals surface area contributed by atoms with E-state index in [9.17, 15) is 5.26 Å². The van der Waals surface area contributed by atoms with E-state index in [0.29, 0.717) is 5.56 Å². The first-order valence-corrected chi connectivity index (χ1v) is 20.1. The third-order valence-corrected chi connectivity index (χ3v) is 13.7. The van der Waals surface area contributed by atoms with Gasteiger partial charge in [0.15, 0.2) is 0 Å². The van der Waals surface area contributed by atoms with Crippen LogP contribution in [0.4, 0.5) is 0 Å². The van der Waals surface area contributed by atoms with Gasteiger partial charge in [0.05, 0.1) is 33.7 Å². The third-order valence-electron chi connectivity index (χ3n) is 11.4. The number of para-hydroxylation sites is 2. The first kappa shape index (κ1) is 30.7. The molecule has 0 aliphatic rings. The van der Waals surface area contributed by atoms with E-state index in [1.54, 1.807) is 0 Å². The Labute approximate surface area is 323 Å². The zero-order valence-electron chi connectivity index (χ0n) is 29.7. The standard InChI is InChI=1S/C50H29N3S2/c1-29-10-16-45-37(22-29)35-6-2-4-8-43(35)52(45)33-14-20-49-41(26-33)39-24-31(12-18-47(39)54-49)32-13-19-48-40(25-32)42-27-34(15-21-50(42)55-48)53-44-9-5-3-7-36(44)38-23-30(28-51)11-17-46(38)53/h2-27H,1H3. The number of benzene rings is 8. The summed E-state index contributed by atoms with van der Waals surface area (Å²) in [6.07, 6.45) is 0.